The first-order valence-electron chi connectivity index (χ1n) is 9.34. The van der Waals surface area contributed by atoms with Gasteiger partial charge in [0.15, 0.2) is 11.5 Å². The number of ether oxygens (including phenoxy) is 2. The molecule has 1 saturated carbocycles. The van der Waals surface area contributed by atoms with Crippen LogP contribution >= 0.6 is 0 Å². The molecule has 0 bridgehead atoms. The molecule has 1 aliphatic carbocycles. The first-order valence-corrected chi connectivity index (χ1v) is 9.34. The van der Waals surface area contributed by atoms with E-state index < -0.39 is 23.7 Å². The molecule has 0 spiro atoms. The Morgan fingerprint density at radius 2 is 2.00 bits per heavy atom. The maximum atomic E-state index is 12.7. The lowest BCUT2D eigenvalue weighted by molar-refractivity contribution is -0.151. The highest BCUT2D eigenvalue weighted by molar-refractivity contribution is 5.83. The third kappa shape index (κ3) is 4.87. The molecule has 3 rings (SSSR count). The van der Waals surface area contributed by atoms with Gasteiger partial charge in [-0.1, -0.05) is 0 Å². The number of carbonyl (C=O) groups is 2. The topological polar surface area (TPSA) is 134 Å². The zero-order valence-electron chi connectivity index (χ0n) is 16.3. The van der Waals surface area contributed by atoms with Crippen molar-refractivity contribution in [3.63, 3.8) is 0 Å². The summed E-state index contributed by atoms with van der Waals surface area (Å²) in [4.78, 5) is 37.3. The molecule has 2 aromatic rings. The zero-order valence-corrected chi connectivity index (χ0v) is 16.3. The lowest BCUT2D eigenvalue weighted by atomic mass is 10.2. The van der Waals surface area contributed by atoms with E-state index in [0.29, 0.717) is 11.2 Å². The van der Waals surface area contributed by atoms with Gasteiger partial charge in [0.1, 0.15) is 29.6 Å². The second-order valence-corrected chi connectivity index (χ2v) is 7.87. The second-order valence-electron chi connectivity index (χ2n) is 7.87. The monoisotopic (exact) mass is 390 g/mol. The van der Waals surface area contributed by atoms with Crippen molar-refractivity contribution in [1.82, 2.24) is 24.8 Å². The molecule has 0 aromatic carbocycles. The van der Waals surface area contributed by atoms with E-state index in [1.165, 1.54) is 12.7 Å². The van der Waals surface area contributed by atoms with Crippen LogP contribution in [0.15, 0.2) is 12.7 Å². The van der Waals surface area contributed by atoms with Crippen molar-refractivity contribution in [1.29, 1.82) is 0 Å². The van der Waals surface area contributed by atoms with Crippen LogP contribution in [0.3, 0.4) is 0 Å². The number of carbonyl (C=O) groups excluding carboxylic acids is 2. The summed E-state index contributed by atoms with van der Waals surface area (Å²) in [5.74, 6) is -0.268. The van der Waals surface area contributed by atoms with Crippen LogP contribution < -0.4 is 11.1 Å². The molecule has 1 fully saturated rings. The number of anilines is 1. The Hall–Kier alpha value is -2.91. The van der Waals surface area contributed by atoms with E-state index in [1.807, 2.05) is 0 Å². The number of nitrogens with two attached hydrogens (primary N) is 1. The number of amides is 1. The summed E-state index contributed by atoms with van der Waals surface area (Å²) in [6, 6.07) is -0.955. The molecule has 1 amide bonds. The number of nitrogen functional groups attached to an aromatic ring is 1. The van der Waals surface area contributed by atoms with E-state index in [2.05, 4.69) is 20.3 Å². The van der Waals surface area contributed by atoms with E-state index in [4.69, 9.17) is 15.2 Å². The fraction of sp³-hybridized carbons (Fsp3) is 0.611. The number of esters is 1. The molecular weight excluding hydrogens is 364 g/mol. The van der Waals surface area contributed by atoms with E-state index in [-0.39, 0.29) is 18.5 Å². The number of hydrogen-bond acceptors (Lipinski definition) is 8. The highest BCUT2D eigenvalue weighted by atomic mass is 16.6. The molecule has 0 unspecified atom stereocenters. The Kier molecular flexibility index (Phi) is 5.66. The highest BCUT2D eigenvalue weighted by Gasteiger charge is 2.29. The van der Waals surface area contributed by atoms with Gasteiger partial charge in [-0.3, -0.25) is 0 Å². The zero-order chi connectivity index (χ0) is 20.3. The standard InChI is InChI=1S/C18H26N6O4/c1-18(2,3)28-17(26)23-12(16(25)27-11-6-4-5-7-11)8-24-10-22-13-14(19)20-9-21-15(13)24/h9-12H,4-8H2,1-3H3,(H,23,26)(H2,19,20,21)/t12-/m0/s1. The van der Waals surface area contributed by atoms with Gasteiger partial charge in [-0.15, -0.1) is 0 Å². The summed E-state index contributed by atoms with van der Waals surface area (Å²) >= 11 is 0. The second kappa shape index (κ2) is 7.99. The summed E-state index contributed by atoms with van der Waals surface area (Å²) in [6.07, 6.45) is 5.75. The van der Waals surface area contributed by atoms with Crippen molar-refractivity contribution in [2.24, 2.45) is 0 Å². The summed E-state index contributed by atoms with van der Waals surface area (Å²) in [5, 5.41) is 2.61. The predicted octanol–water partition coefficient (Wildman–Crippen LogP) is 1.79. The maximum absolute atomic E-state index is 12.7. The molecule has 2 aromatic heterocycles. The van der Waals surface area contributed by atoms with Crippen molar-refractivity contribution in [3.8, 4) is 0 Å². The number of nitrogens with one attached hydrogen (secondary N) is 1. The van der Waals surface area contributed by atoms with Crippen LogP contribution in [-0.4, -0.2) is 49.3 Å². The molecule has 0 radical (unpaired) electrons. The summed E-state index contributed by atoms with van der Waals surface area (Å²) < 4.78 is 12.5. The number of aromatic nitrogens is 4. The Balaban J connectivity index is 1.78. The summed E-state index contributed by atoms with van der Waals surface area (Å²) in [7, 11) is 0. The molecule has 1 aliphatic rings. The van der Waals surface area contributed by atoms with Gasteiger partial charge in [-0.25, -0.2) is 24.5 Å². The number of fused-ring (bicyclic) bond motifs is 1. The lowest BCUT2D eigenvalue weighted by Gasteiger charge is -2.24. The van der Waals surface area contributed by atoms with Gasteiger partial charge < -0.3 is 25.1 Å². The molecule has 10 heteroatoms. The van der Waals surface area contributed by atoms with Crippen LogP contribution in [0.5, 0.6) is 0 Å². The maximum Gasteiger partial charge on any atom is 0.408 e. The predicted molar refractivity (Wildman–Crippen MR) is 101 cm³/mol. The molecule has 10 nitrogen and oxygen atoms in total. The minimum absolute atomic E-state index is 0.0811. The van der Waals surface area contributed by atoms with Gasteiger partial charge in [0.25, 0.3) is 0 Å². The molecular formula is C18H26N6O4. The SMILES string of the molecule is CC(C)(C)OC(=O)N[C@@H](Cn1cnc2c(N)ncnc21)C(=O)OC1CCCC1. The Labute approximate surface area is 162 Å². The fourth-order valence-electron chi connectivity index (χ4n) is 3.11. The van der Waals surface area contributed by atoms with Crippen LogP contribution in [0.25, 0.3) is 11.2 Å². The van der Waals surface area contributed by atoms with Crippen molar-refractivity contribution in [2.75, 3.05) is 5.73 Å². The van der Waals surface area contributed by atoms with E-state index in [1.54, 1.807) is 25.3 Å². The fourth-order valence-corrected chi connectivity index (χ4v) is 3.11. The third-order valence-corrected chi connectivity index (χ3v) is 4.37. The molecule has 1 atom stereocenters. The average Bonchev–Trinajstić information content (AvgIpc) is 3.23. The van der Waals surface area contributed by atoms with Gasteiger partial charge in [0.2, 0.25) is 0 Å². The van der Waals surface area contributed by atoms with Crippen LogP contribution in [0.1, 0.15) is 46.5 Å². The smallest absolute Gasteiger partial charge is 0.408 e. The Morgan fingerprint density at radius 3 is 2.68 bits per heavy atom. The lowest BCUT2D eigenvalue weighted by Crippen LogP contribution is -2.47. The molecule has 3 N–H and O–H groups in total. The van der Waals surface area contributed by atoms with Crippen molar-refractivity contribution in [2.45, 2.75) is 70.7 Å². The van der Waals surface area contributed by atoms with Gasteiger partial charge in [0.05, 0.1) is 12.9 Å². The van der Waals surface area contributed by atoms with Crippen molar-refractivity contribution >= 4 is 29.0 Å². The normalized spacial score (nSPS) is 16.1. The third-order valence-electron chi connectivity index (χ3n) is 4.37. The van der Waals surface area contributed by atoms with E-state index in [0.717, 1.165) is 25.7 Å². The molecule has 28 heavy (non-hydrogen) atoms. The van der Waals surface area contributed by atoms with Gasteiger partial charge >= 0.3 is 12.1 Å². The summed E-state index contributed by atoms with van der Waals surface area (Å²) in [5.41, 5.74) is 6.03. The van der Waals surface area contributed by atoms with Crippen LogP contribution in [0.2, 0.25) is 0 Å². The average molecular weight is 390 g/mol. The minimum atomic E-state index is -0.955. The van der Waals surface area contributed by atoms with Gasteiger partial charge in [-0.05, 0) is 46.5 Å². The van der Waals surface area contributed by atoms with Gasteiger partial charge in [-0.2, -0.15) is 0 Å². The Morgan fingerprint density at radius 1 is 1.29 bits per heavy atom. The van der Waals surface area contributed by atoms with E-state index >= 15 is 0 Å². The molecule has 2 heterocycles. The number of rotatable bonds is 5. The molecule has 0 aliphatic heterocycles. The van der Waals surface area contributed by atoms with Crippen molar-refractivity contribution in [3.05, 3.63) is 12.7 Å². The summed E-state index contributed by atoms with van der Waals surface area (Å²) in [6.45, 7) is 5.34. The molecule has 152 valence electrons. The highest BCUT2D eigenvalue weighted by Crippen LogP contribution is 2.22. The first-order chi connectivity index (χ1) is 13.2. The molecule has 0 saturated heterocycles. The van der Waals surface area contributed by atoms with Crippen LogP contribution in [0, 0.1) is 0 Å². The minimum Gasteiger partial charge on any atom is -0.461 e. The van der Waals surface area contributed by atoms with Crippen LogP contribution in [-0.2, 0) is 20.8 Å². The number of nitrogens with zero attached hydrogens (tertiary/aromatic N) is 4. The quantitative estimate of drug-likeness (QED) is 0.738. The van der Waals surface area contributed by atoms with Gasteiger partial charge in [0, 0.05) is 0 Å². The number of imidazole rings is 1. The van der Waals surface area contributed by atoms with Crippen molar-refractivity contribution < 1.29 is 19.1 Å². The van der Waals surface area contributed by atoms with Crippen LogP contribution in [0.4, 0.5) is 10.6 Å². The largest absolute Gasteiger partial charge is 0.461 e. The number of hydrogen-bond donors (Lipinski definition) is 2. The van der Waals surface area contributed by atoms with E-state index in [9.17, 15) is 9.59 Å². The number of alkyl carbamates (subject to hydrolysis) is 1. The first kappa shape index (κ1) is 19.8. The Bertz CT molecular complexity index is 853.